The molecule has 1 amide bonds. The van der Waals surface area contributed by atoms with Gasteiger partial charge in [-0.15, -0.1) is 12.4 Å². The molecule has 1 saturated heterocycles. The minimum absolute atomic E-state index is 0. The van der Waals surface area contributed by atoms with Crippen molar-refractivity contribution in [2.24, 2.45) is 0 Å². The van der Waals surface area contributed by atoms with Crippen LogP contribution in [0.15, 0.2) is 42.5 Å². The molecule has 0 atom stereocenters. The van der Waals surface area contributed by atoms with Crippen molar-refractivity contribution in [2.45, 2.75) is 18.9 Å². The highest BCUT2D eigenvalue weighted by molar-refractivity contribution is 6.34. The van der Waals surface area contributed by atoms with Gasteiger partial charge >= 0.3 is 0 Å². The van der Waals surface area contributed by atoms with Crippen molar-refractivity contribution >= 4 is 35.6 Å². The monoisotopic (exact) mass is 384 g/mol. The largest absolute Gasteiger partial charge is 0.490 e. The summed E-state index contributed by atoms with van der Waals surface area (Å²) in [5, 5.41) is 6.02. The molecule has 4 nitrogen and oxygen atoms in total. The van der Waals surface area contributed by atoms with E-state index in [2.05, 4.69) is 10.6 Å². The quantitative estimate of drug-likeness (QED) is 0.826. The Hall–Kier alpha value is -1.82. The number of ether oxygens (including phenoxy) is 1. The molecule has 1 fully saturated rings. The minimum atomic E-state index is -0.651. The molecule has 0 spiro atoms. The Labute approximate surface area is 157 Å². The molecule has 1 aliphatic heterocycles. The summed E-state index contributed by atoms with van der Waals surface area (Å²) >= 11 is 5.92. The molecule has 0 bridgehead atoms. The summed E-state index contributed by atoms with van der Waals surface area (Å²) in [6.45, 7) is 1.87. The van der Waals surface area contributed by atoms with Crippen molar-refractivity contribution in [1.29, 1.82) is 0 Å². The summed E-state index contributed by atoms with van der Waals surface area (Å²) in [4.78, 5) is 12.3. The zero-order chi connectivity index (χ0) is 16.9. The van der Waals surface area contributed by atoms with E-state index in [4.69, 9.17) is 16.3 Å². The molecule has 0 unspecified atom stereocenters. The zero-order valence-electron chi connectivity index (χ0n) is 13.4. The molecule has 1 aliphatic rings. The van der Waals surface area contributed by atoms with Crippen LogP contribution in [0.5, 0.6) is 5.75 Å². The zero-order valence-corrected chi connectivity index (χ0v) is 15.0. The highest BCUT2D eigenvalue weighted by Gasteiger charge is 2.17. The van der Waals surface area contributed by atoms with E-state index in [9.17, 15) is 9.18 Å². The molecule has 7 heteroatoms. The predicted octanol–water partition coefficient (Wildman–Crippen LogP) is 4.28. The number of carbonyl (C=O) groups is 1. The minimum Gasteiger partial charge on any atom is -0.490 e. The molecule has 2 N–H and O–H groups in total. The van der Waals surface area contributed by atoms with Crippen LogP contribution < -0.4 is 15.4 Å². The summed E-state index contributed by atoms with van der Waals surface area (Å²) in [6, 6.07) is 11.2. The summed E-state index contributed by atoms with van der Waals surface area (Å²) in [7, 11) is 0. The van der Waals surface area contributed by atoms with Crippen molar-refractivity contribution in [3.05, 3.63) is 58.9 Å². The lowest BCUT2D eigenvalue weighted by molar-refractivity contribution is 0.102. The average Bonchev–Trinajstić information content (AvgIpc) is 2.56. The number of rotatable bonds is 4. The molecule has 1 heterocycles. The van der Waals surface area contributed by atoms with Crippen molar-refractivity contribution in [3.8, 4) is 5.75 Å². The van der Waals surface area contributed by atoms with Gasteiger partial charge in [0, 0.05) is 11.8 Å². The highest BCUT2D eigenvalue weighted by atomic mass is 35.5. The van der Waals surface area contributed by atoms with Crippen LogP contribution in [0.1, 0.15) is 23.2 Å². The van der Waals surface area contributed by atoms with Gasteiger partial charge < -0.3 is 15.4 Å². The second kappa shape index (κ2) is 9.04. The maximum absolute atomic E-state index is 13.8. The molecule has 2 aromatic rings. The van der Waals surface area contributed by atoms with Crippen LogP contribution in [0.2, 0.25) is 5.02 Å². The van der Waals surface area contributed by atoms with Gasteiger partial charge in [-0.25, -0.2) is 4.39 Å². The normalized spacial score (nSPS) is 14.5. The molecule has 0 saturated carbocycles. The van der Waals surface area contributed by atoms with Crippen LogP contribution in [0.3, 0.4) is 0 Å². The number of anilines is 1. The number of hydrogen-bond acceptors (Lipinski definition) is 3. The molecular formula is C18H19Cl2FN2O2. The van der Waals surface area contributed by atoms with E-state index in [1.165, 1.54) is 18.2 Å². The summed E-state index contributed by atoms with van der Waals surface area (Å²) in [5.41, 5.74) is 0.370. The topological polar surface area (TPSA) is 50.4 Å². The van der Waals surface area contributed by atoms with Gasteiger partial charge in [0.2, 0.25) is 0 Å². The average molecular weight is 385 g/mol. The van der Waals surface area contributed by atoms with Crippen molar-refractivity contribution in [3.63, 3.8) is 0 Å². The van der Waals surface area contributed by atoms with Crippen LogP contribution in [-0.2, 0) is 0 Å². The van der Waals surface area contributed by atoms with Crippen molar-refractivity contribution < 1.29 is 13.9 Å². The van der Waals surface area contributed by atoms with E-state index >= 15 is 0 Å². The standard InChI is InChI=1S/C18H18ClFN2O2.ClH/c19-15-5-2-6-16(20)17(15)18(23)22-12-3-1-4-14(11-12)24-13-7-9-21-10-8-13;/h1-6,11,13,21H,7-10H2,(H,22,23);1H. The first-order valence-electron chi connectivity index (χ1n) is 7.86. The molecular weight excluding hydrogens is 366 g/mol. The van der Waals surface area contributed by atoms with Crippen LogP contribution in [0.4, 0.5) is 10.1 Å². The van der Waals surface area contributed by atoms with Gasteiger partial charge in [-0.1, -0.05) is 23.7 Å². The molecule has 25 heavy (non-hydrogen) atoms. The maximum Gasteiger partial charge on any atom is 0.260 e. The number of piperidine rings is 1. The smallest absolute Gasteiger partial charge is 0.260 e. The number of benzene rings is 2. The lowest BCUT2D eigenvalue weighted by atomic mass is 10.1. The lowest BCUT2D eigenvalue weighted by Gasteiger charge is -2.24. The van der Waals surface area contributed by atoms with Crippen LogP contribution in [-0.4, -0.2) is 25.1 Å². The van der Waals surface area contributed by atoms with E-state index in [-0.39, 0.29) is 29.1 Å². The Balaban J connectivity index is 0.00000225. The third-order valence-electron chi connectivity index (χ3n) is 3.87. The number of nitrogens with one attached hydrogen (secondary N) is 2. The number of carbonyl (C=O) groups excluding carboxylic acids is 1. The second-order valence-electron chi connectivity index (χ2n) is 5.65. The fourth-order valence-corrected chi connectivity index (χ4v) is 2.91. The molecule has 0 aromatic heterocycles. The first-order chi connectivity index (χ1) is 11.6. The van der Waals surface area contributed by atoms with Crippen LogP contribution >= 0.6 is 24.0 Å². The van der Waals surface area contributed by atoms with Gasteiger partial charge in [-0.3, -0.25) is 4.79 Å². The lowest BCUT2D eigenvalue weighted by Crippen LogP contribution is -2.34. The predicted molar refractivity (Wildman–Crippen MR) is 99.6 cm³/mol. The van der Waals surface area contributed by atoms with Crippen molar-refractivity contribution in [2.75, 3.05) is 18.4 Å². The van der Waals surface area contributed by atoms with Gasteiger partial charge in [0.25, 0.3) is 5.91 Å². The molecule has 0 aliphatic carbocycles. The van der Waals surface area contributed by atoms with E-state index in [0.29, 0.717) is 11.4 Å². The molecule has 3 rings (SSSR count). The van der Waals surface area contributed by atoms with Gasteiger partial charge in [0.1, 0.15) is 17.7 Å². The number of hydrogen-bond donors (Lipinski definition) is 2. The summed E-state index contributed by atoms with van der Waals surface area (Å²) in [6.07, 6.45) is 2.06. The summed E-state index contributed by atoms with van der Waals surface area (Å²) in [5.74, 6) is -0.557. The first kappa shape index (κ1) is 19.5. The molecule has 0 radical (unpaired) electrons. The van der Waals surface area contributed by atoms with E-state index in [0.717, 1.165) is 25.9 Å². The Bertz CT molecular complexity index is 717. The van der Waals surface area contributed by atoms with E-state index in [1.54, 1.807) is 18.2 Å². The second-order valence-corrected chi connectivity index (χ2v) is 6.05. The fraction of sp³-hybridized carbons (Fsp3) is 0.278. The summed E-state index contributed by atoms with van der Waals surface area (Å²) < 4.78 is 19.8. The van der Waals surface area contributed by atoms with Gasteiger partial charge in [-0.2, -0.15) is 0 Å². The van der Waals surface area contributed by atoms with E-state index in [1.807, 2.05) is 6.07 Å². The Morgan fingerprint density at radius 3 is 2.64 bits per heavy atom. The van der Waals surface area contributed by atoms with E-state index < -0.39 is 11.7 Å². The fourth-order valence-electron chi connectivity index (χ4n) is 2.66. The number of amides is 1. The number of halogens is 3. The Kier molecular flexibility index (Phi) is 7.05. The Morgan fingerprint density at radius 2 is 1.92 bits per heavy atom. The van der Waals surface area contributed by atoms with Crippen LogP contribution in [0, 0.1) is 5.82 Å². The Morgan fingerprint density at radius 1 is 1.20 bits per heavy atom. The first-order valence-corrected chi connectivity index (χ1v) is 8.24. The van der Waals surface area contributed by atoms with Crippen molar-refractivity contribution in [1.82, 2.24) is 5.32 Å². The third-order valence-corrected chi connectivity index (χ3v) is 4.19. The third kappa shape index (κ3) is 5.08. The van der Waals surface area contributed by atoms with Gasteiger partial charge in [0.05, 0.1) is 10.6 Å². The van der Waals surface area contributed by atoms with Gasteiger partial charge in [0.15, 0.2) is 0 Å². The van der Waals surface area contributed by atoms with Gasteiger partial charge in [-0.05, 0) is 50.2 Å². The SMILES string of the molecule is Cl.O=C(Nc1cccc(OC2CCNCC2)c1)c1c(F)cccc1Cl. The van der Waals surface area contributed by atoms with Crippen LogP contribution in [0.25, 0.3) is 0 Å². The molecule has 134 valence electrons. The maximum atomic E-state index is 13.8. The highest BCUT2D eigenvalue weighted by Crippen LogP contribution is 2.24. The molecule has 2 aromatic carbocycles.